The van der Waals surface area contributed by atoms with Crippen molar-refractivity contribution in [3.05, 3.63) is 67.2 Å². The van der Waals surface area contributed by atoms with Crippen LogP contribution in [0.4, 0.5) is 4.39 Å². The molecule has 0 saturated carbocycles. The summed E-state index contributed by atoms with van der Waals surface area (Å²) in [6, 6.07) is 5.75. The lowest BCUT2D eigenvalue weighted by atomic mass is 10.2. The first-order valence-electron chi connectivity index (χ1n) is 6.46. The monoisotopic (exact) mass is 355 g/mol. The second-order valence-corrected chi connectivity index (χ2v) is 5.55. The lowest BCUT2D eigenvalue weighted by Gasteiger charge is -2.10. The molecule has 0 saturated heterocycles. The number of rotatable bonds is 5. The molecule has 0 aliphatic carbocycles. The molecule has 0 bridgehead atoms. The number of aromatic nitrogens is 2. The predicted octanol–water partition coefficient (Wildman–Crippen LogP) is 1.31. The molecule has 2 aromatic rings. The summed E-state index contributed by atoms with van der Waals surface area (Å²) in [7, 11) is 0. The van der Waals surface area contributed by atoms with Crippen LogP contribution in [0.2, 0.25) is 0 Å². The van der Waals surface area contributed by atoms with E-state index in [-0.39, 0.29) is 24.5 Å². The van der Waals surface area contributed by atoms with E-state index in [1.54, 1.807) is 6.07 Å². The van der Waals surface area contributed by atoms with Crippen LogP contribution in [0.3, 0.4) is 0 Å². The smallest absolute Gasteiger partial charge is 0.330 e. The molecule has 112 valence electrons. The average molecular weight is 356 g/mol. The van der Waals surface area contributed by atoms with E-state index in [0.717, 1.165) is 4.57 Å². The third-order valence-corrected chi connectivity index (χ3v) is 3.46. The molecule has 0 spiro atoms. The van der Waals surface area contributed by atoms with E-state index in [9.17, 15) is 14.0 Å². The lowest BCUT2D eigenvalue weighted by Crippen LogP contribution is -2.39. The van der Waals surface area contributed by atoms with Gasteiger partial charge >= 0.3 is 5.69 Å². The van der Waals surface area contributed by atoms with Gasteiger partial charge in [0.05, 0.1) is 6.54 Å². The molecule has 0 fully saturated rings. The summed E-state index contributed by atoms with van der Waals surface area (Å²) >= 11 is 3.21. The van der Waals surface area contributed by atoms with Crippen LogP contribution in [-0.2, 0) is 13.1 Å². The zero-order valence-corrected chi connectivity index (χ0v) is 12.8. The van der Waals surface area contributed by atoms with Crippen molar-refractivity contribution in [1.82, 2.24) is 9.13 Å². The van der Waals surface area contributed by atoms with Crippen molar-refractivity contribution < 1.29 is 4.39 Å². The highest BCUT2D eigenvalue weighted by Crippen LogP contribution is 2.15. The van der Waals surface area contributed by atoms with Gasteiger partial charge in [0.15, 0.2) is 0 Å². The minimum atomic E-state index is -0.420. The number of halogens is 2. The van der Waals surface area contributed by atoms with E-state index in [1.165, 1.54) is 29.0 Å². The quantitative estimate of drug-likeness (QED) is 0.878. The molecule has 2 N–H and O–H groups in total. The predicted molar refractivity (Wildman–Crippen MR) is 81.8 cm³/mol. The molecule has 1 aromatic heterocycles. The maximum atomic E-state index is 13.4. The van der Waals surface area contributed by atoms with Crippen LogP contribution in [0, 0.1) is 5.82 Å². The Kier molecular flexibility index (Phi) is 5.08. The fraction of sp³-hybridized carbons (Fsp3) is 0.286. The van der Waals surface area contributed by atoms with E-state index in [2.05, 4.69) is 15.9 Å². The van der Waals surface area contributed by atoms with Gasteiger partial charge < -0.3 is 5.73 Å². The van der Waals surface area contributed by atoms with Crippen molar-refractivity contribution in [3.63, 3.8) is 0 Å². The molecule has 0 aliphatic heterocycles. The number of benzene rings is 1. The fourth-order valence-electron chi connectivity index (χ4n) is 2.03. The van der Waals surface area contributed by atoms with E-state index in [1.807, 2.05) is 0 Å². The number of nitrogens with zero attached hydrogens (tertiary/aromatic N) is 2. The highest BCUT2D eigenvalue weighted by atomic mass is 79.9. The van der Waals surface area contributed by atoms with Crippen LogP contribution < -0.4 is 17.0 Å². The average Bonchev–Trinajstić information content (AvgIpc) is 2.41. The van der Waals surface area contributed by atoms with E-state index < -0.39 is 5.69 Å². The molecule has 0 atom stereocenters. The van der Waals surface area contributed by atoms with Gasteiger partial charge in [-0.3, -0.25) is 13.9 Å². The maximum absolute atomic E-state index is 13.4. The summed E-state index contributed by atoms with van der Waals surface area (Å²) in [5.74, 6) is -0.385. The first kappa shape index (κ1) is 15.7. The Morgan fingerprint density at radius 3 is 2.67 bits per heavy atom. The highest BCUT2D eigenvalue weighted by molar-refractivity contribution is 9.10. The van der Waals surface area contributed by atoms with E-state index >= 15 is 0 Å². The van der Waals surface area contributed by atoms with Crippen LogP contribution >= 0.6 is 15.9 Å². The van der Waals surface area contributed by atoms with Crippen LogP contribution in [0.1, 0.15) is 12.0 Å². The van der Waals surface area contributed by atoms with Crippen molar-refractivity contribution in [2.75, 3.05) is 6.54 Å². The van der Waals surface area contributed by atoms with Gasteiger partial charge in [-0.25, -0.2) is 9.18 Å². The Morgan fingerprint density at radius 1 is 1.24 bits per heavy atom. The summed E-state index contributed by atoms with van der Waals surface area (Å²) < 4.78 is 16.5. The van der Waals surface area contributed by atoms with Gasteiger partial charge in [-0.1, -0.05) is 15.9 Å². The molecule has 0 amide bonds. The number of nitrogens with two attached hydrogens (primary N) is 1. The zero-order valence-electron chi connectivity index (χ0n) is 11.3. The molecule has 0 unspecified atom stereocenters. The van der Waals surface area contributed by atoms with Crippen molar-refractivity contribution in [2.24, 2.45) is 5.73 Å². The molecule has 21 heavy (non-hydrogen) atoms. The Labute approximate surface area is 129 Å². The molecule has 5 nitrogen and oxygen atoms in total. The second-order valence-electron chi connectivity index (χ2n) is 4.64. The largest absolute Gasteiger partial charge is 0.331 e. The van der Waals surface area contributed by atoms with E-state index in [0.29, 0.717) is 23.0 Å². The van der Waals surface area contributed by atoms with Gasteiger partial charge in [-0.15, -0.1) is 0 Å². The molecular formula is C14H15BrFN3O2. The van der Waals surface area contributed by atoms with Crippen LogP contribution in [-0.4, -0.2) is 15.7 Å². The topological polar surface area (TPSA) is 70.0 Å². The van der Waals surface area contributed by atoms with Crippen LogP contribution in [0.5, 0.6) is 0 Å². The van der Waals surface area contributed by atoms with Gasteiger partial charge in [0.2, 0.25) is 0 Å². The number of hydrogen-bond acceptors (Lipinski definition) is 3. The Balaban J connectivity index is 2.36. The van der Waals surface area contributed by atoms with Crippen LogP contribution in [0.25, 0.3) is 0 Å². The maximum Gasteiger partial charge on any atom is 0.331 e. The van der Waals surface area contributed by atoms with Gasteiger partial charge in [0.1, 0.15) is 5.82 Å². The van der Waals surface area contributed by atoms with Gasteiger partial charge in [-0.2, -0.15) is 0 Å². The normalized spacial score (nSPS) is 10.8. The summed E-state index contributed by atoms with van der Waals surface area (Å²) in [5, 5.41) is 0. The Bertz CT molecular complexity index is 734. The minimum absolute atomic E-state index is 0.193. The van der Waals surface area contributed by atoms with Gasteiger partial charge in [0.25, 0.3) is 5.56 Å². The first-order chi connectivity index (χ1) is 10.0. The molecule has 7 heteroatoms. The molecule has 0 aliphatic rings. The molecule has 1 aromatic carbocycles. The Morgan fingerprint density at radius 2 is 2.00 bits per heavy atom. The van der Waals surface area contributed by atoms with Crippen molar-refractivity contribution in [1.29, 1.82) is 0 Å². The fourth-order valence-corrected chi connectivity index (χ4v) is 2.54. The molecule has 0 radical (unpaired) electrons. The summed E-state index contributed by atoms with van der Waals surface area (Å²) in [6.45, 7) is 0.873. The summed E-state index contributed by atoms with van der Waals surface area (Å²) in [5.41, 5.74) is 5.26. The third kappa shape index (κ3) is 3.89. The zero-order chi connectivity index (χ0) is 15.4. The third-order valence-electron chi connectivity index (χ3n) is 3.00. The Hall–Kier alpha value is -1.73. The lowest BCUT2D eigenvalue weighted by molar-refractivity contribution is 0.553. The molecule has 2 rings (SSSR count). The molecular weight excluding hydrogens is 341 g/mol. The number of hydrogen-bond donors (Lipinski definition) is 1. The standard InChI is InChI=1S/C14H15BrFN3O2/c15-11-6-10(7-12(16)8-11)9-18-5-2-13(20)19(14(18)21)4-1-3-17/h2,5-8H,1,3-4,9,17H2. The van der Waals surface area contributed by atoms with Crippen molar-refractivity contribution in [2.45, 2.75) is 19.5 Å². The second kappa shape index (κ2) is 6.82. The van der Waals surface area contributed by atoms with Crippen LogP contribution in [0.15, 0.2) is 44.5 Å². The summed E-state index contributed by atoms with van der Waals surface area (Å²) in [4.78, 5) is 23.9. The van der Waals surface area contributed by atoms with Crippen molar-refractivity contribution in [3.8, 4) is 0 Å². The SMILES string of the molecule is NCCCn1c(=O)ccn(Cc2cc(F)cc(Br)c2)c1=O. The van der Waals surface area contributed by atoms with E-state index in [4.69, 9.17) is 5.73 Å². The van der Waals surface area contributed by atoms with Crippen molar-refractivity contribution >= 4 is 15.9 Å². The first-order valence-corrected chi connectivity index (χ1v) is 7.26. The van der Waals surface area contributed by atoms with Gasteiger partial charge in [0, 0.05) is 23.3 Å². The minimum Gasteiger partial charge on any atom is -0.330 e. The van der Waals surface area contributed by atoms with Gasteiger partial charge in [-0.05, 0) is 36.7 Å². The molecule has 1 heterocycles. The highest BCUT2D eigenvalue weighted by Gasteiger charge is 2.06. The summed E-state index contributed by atoms with van der Waals surface area (Å²) in [6.07, 6.45) is 1.97.